The van der Waals surface area contributed by atoms with Crippen molar-refractivity contribution in [2.24, 2.45) is 5.92 Å². The van der Waals surface area contributed by atoms with Crippen molar-refractivity contribution in [1.82, 2.24) is 19.6 Å². The summed E-state index contributed by atoms with van der Waals surface area (Å²) in [6.07, 6.45) is 0.272. The van der Waals surface area contributed by atoms with Crippen molar-refractivity contribution >= 4 is 17.5 Å². The molecule has 1 atom stereocenters. The summed E-state index contributed by atoms with van der Waals surface area (Å²) in [6.45, 7) is 9.43. The smallest absolute Gasteiger partial charge is 0.228 e. The van der Waals surface area contributed by atoms with Gasteiger partial charge in [-0.3, -0.25) is 19.2 Å². The SMILES string of the molecule is COc1cccc(N2CC(C(=O)N3CCN(CCn4nc(C)cc4C)CC3)CC2=O)c1. The van der Waals surface area contributed by atoms with Gasteiger partial charge in [0, 0.05) is 63.1 Å². The lowest BCUT2D eigenvalue weighted by Crippen LogP contribution is -2.51. The highest BCUT2D eigenvalue weighted by Gasteiger charge is 2.38. The van der Waals surface area contributed by atoms with E-state index in [0.29, 0.717) is 25.4 Å². The van der Waals surface area contributed by atoms with Crippen molar-refractivity contribution < 1.29 is 14.3 Å². The number of ether oxygens (including phenoxy) is 1. The predicted molar refractivity (Wildman–Crippen MR) is 118 cm³/mol. The van der Waals surface area contributed by atoms with Crippen molar-refractivity contribution in [3.63, 3.8) is 0 Å². The van der Waals surface area contributed by atoms with Crippen molar-refractivity contribution in [3.8, 4) is 5.75 Å². The van der Waals surface area contributed by atoms with E-state index in [1.165, 1.54) is 5.69 Å². The van der Waals surface area contributed by atoms with Crippen LogP contribution in [-0.4, -0.2) is 77.8 Å². The molecule has 0 radical (unpaired) electrons. The van der Waals surface area contributed by atoms with E-state index in [9.17, 15) is 9.59 Å². The van der Waals surface area contributed by atoms with Gasteiger partial charge in [-0.2, -0.15) is 5.10 Å². The van der Waals surface area contributed by atoms with E-state index in [2.05, 4.69) is 23.0 Å². The van der Waals surface area contributed by atoms with Gasteiger partial charge in [0.25, 0.3) is 0 Å². The van der Waals surface area contributed by atoms with Crippen molar-refractivity contribution in [2.75, 3.05) is 51.3 Å². The summed E-state index contributed by atoms with van der Waals surface area (Å²) >= 11 is 0. The maximum absolute atomic E-state index is 13.1. The van der Waals surface area contributed by atoms with Gasteiger partial charge in [0.1, 0.15) is 5.75 Å². The van der Waals surface area contributed by atoms with E-state index < -0.39 is 0 Å². The first-order chi connectivity index (χ1) is 14.9. The second-order valence-electron chi connectivity index (χ2n) is 8.42. The van der Waals surface area contributed by atoms with Gasteiger partial charge in [0.15, 0.2) is 0 Å². The Morgan fingerprint density at radius 2 is 1.90 bits per heavy atom. The fourth-order valence-corrected chi connectivity index (χ4v) is 4.49. The monoisotopic (exact) mass is 425 g/mol. The molecule has 8 heteroatoms. The van der Waals surface area contributed by atoms with Crippen LogP contribution in [0.1, 0.15) is 17.8 Å². The standard InChI is InChI=1S/C23H31N5O3/c1-17-13-18(2)28(24-17)12-9-25-7-10-26(11-8-25)23(30)19-14-22(29)27(16-19)20-5-4-6-21(15-20)31-3/h4-6,13,15,19H,7-12,14,16H2,1-3H3. The molecule has 2 aromatic rings. The number of methoxy groups -OCH3 is 1. The lowest BCUT2D eigenvalue weighted by Gasteiger charge is -2.35. The fourth-order valence-electron chi connectivity index (χ4n) is 4.49. The maximum atomic E-state index is 13.1. The Balaban J connectivity index is 1.28. The molecule has 1 aromatic carbocycles. The number of amides is 2. The molecule has 2 fully saturated rings. The molecule has 2 saturated heterocycles. The van der Waals surface area contributed by atoms with Gasteiger partial charge in [-0.05, 0) is 32.0 Å². The van der Waals surface area contributed by atoms with Crippen LogP contribution in [-0.2, 0) is 16.1 Å². The second-order valence-corrected chi connectivity index (χ2v) is 8.42. The molecule has 0 spiro atoms. The van der Waals surface area contributed by atoms with Crippen LogP contribution in [0.5, 0.6) is 5.75 Å². The number of aromatic nitrogens is 2. The summed E-state index contributed by atoms with van der Waals surface area (Å²) in [5.74, 6) is 0.517. The van der Waals surface area contributed by atoms with Gasteiger partial charge in [-0.25, -0.2) is 0 Å². The highest BCUT2D eigenvalue weighted by atomic mass is 16.5. The van der Waals surface area contributed by atoms with Crippen LogP contribution in [0.25, 0.3) is 0 Å². The number of aryl methyl sites for hydroxylation is 2. The highest BCUT2D eigenvalue weighted by Crippen LogP contribution is 2.29. The molecule has 4 rings (SSSR count). The van der Waals surface area contributed by atoms with Crippen molar-refractivity contribution in [3.05, 3.63) is 41.7 Å². The Bertz CT molecular complexity index is 948. The zero-order valence-electron chi connectivity index (χ0n) is 18.6. The van der Waals surface area contributed by atoms with Gasteiger partial charge < -0.3 is 14.5 Å². The minimum Gasteiger partial charge on any atom is -0.497 e. The van der Waals surface area contributed by atoms with Gasteiger partial charge in [-0.15, -0.1) is 0 Å². The molecule has 0 bridgehead atoms. The lowest BCUT2D eigenvalue weighted by molar-refractivity contribution is -0.137. The third kappa shape index (κ3) is 4.74. The van der Waals surface area contributed by atoms with E-state index in [1.807, 2.05) is 40.8 Å². The first kappa shape index (κ1) is 21.4. The Labute approximate surface area is 183 Å². The van der Waals surface area contributed by atoms with E-state index >= 15 is 0 Å². The number of benzene rings is 1. The Morgan fingerprint density at radius 3 is 2.58 bits per heavy atom. The van der Waals surface area contributed by atoms with Crippen LogP contribution in [0.4, 0.5) is 5.69 Å². The molecule has 0 saturated carbocycles. The first-order valence-corrected chi connectivity index (χ1v) is 10.9. The Hall–Kier alpha value is -2.87. The van der Waals surface area contributed by atoms with Crippen LogP contribution in [0, 0.1) is 19.8 Å². The molecule has 31 heavy (non-hydrogen) atoms. The van der Waals surface area contributed by atoms with Gasteiger partial charge in [0.2, 0.25) is 11.8 Å². The summed E-state index contributed by atoms with van der Waals surface area (Å²) in [7, 11) is 1.61. The summed E-state index contributed by atoms with van der Waals surface area (Å²) < 4.78 is 7.31. The Kier molecular flexibility index (Phi) is 6.27. The minimum atomic E-state index is -0.278. The van der Waals surface area contributed by atoms with Gasteiger partial charge in [0.05, 0.1) is 25.3 Å². The minimum absolute atomic E-state index is 0.00451. The number of hydrogen-bond acceptors (Lipinski definition) is 5. The second kappa shape index (κ2) is 9.09. The zero-order valence-corrected chi connectivity index (χ0v) is 18.6. The number of piperazine rings is 1. The van der Waals surface area contributed by atoms with E-state index in [0.717, 1.165) is 37.6 Å². The third-order valence-corrected chi connectivity index (χ3v) is 6.25. The third-order valence-electron chi connectivity index (χ3n) is 6.25. The van der Waals surface area contributed by atoms with Crippen LogP contribution in [0.2, 0.25) is 0 Å². The number of carbonyl (C=O) groups is 2. The van der Waals surface area contributed by atoms with E-state index in [4.69, 9.17) is 4.74 Å². The van der Waals surface area contributed by atoms with Gasteiger partial charge in [-0.1, -0.05) is 6.07 Å². The van der Waals surface area contributed by atoms with Crippen LogP contribution < -0.4 is 9.64 Å². The molecule has 2 aliphatic rings. The molecule has 2 amide bonds. The number of nitrogens with zero attached hydrogens (tertiary/aromatic N) is 5. The maximum Gasteiger partial charge on any atom is 0.228 e. The number of carbonyl (C=O) groups excluding carboxylic acids is 2. The molecule has 3 heterocycles. The molecule has 2 aliphatic heterocycles. The Morgan fingerprint density at radius 1 is 1.13 bits per heavy atom. The molecule has 166 valence electrons. The van der Waals surface area contributed by atoms with Gasteiger partial charge >= 0.3 is 0 Å². The summed E-state index contributed by atoms with van der Waals surface area (Å²) in [5, 5.41) is 4.52. The first-order valence-electron chi connectivity index (χ1n) is 10.9. The number of hydrogen-bond donors (Lipinski definition) is 0. The summed E-state index contributed by atoms with van der Waals surface area (Å²) in [6, 6.07) is 9.53. The zero-order chi connectivity index (χ0) is 22.0. The molecular formula is C23H31N5O3. The molecule has 1 aromatic heterocycles. The summed E-state index contributed by atoms with van der Waals surface area (Å²) in [4.78, 5) is 31.6. The van der Waals surface area contributed by atoms with Crippen LogP contribution in [0.15, 0.2) is 30.3 Å². The van der Waals surface area contributed by atoms with E-state index in [-0.39, 0.29) is 24.2 Å². The molecular weight excluding hydrogens is 394 g/mol. The van der Waals surface area contributed by atoms with Crippen molar-refractivity contribution in [2.45, 2.75) is 26.8 Å². The van der Waals surface area contributed by atoms with Crippen molar-refractivity contribution in [1.29, 1.82) is 0 Å². The molecule has 1 unspecified atom stereocenters. The quantitative estimate of drug-likeness (QED) is 0.705. The highest BCUT2D eigenvalue weighted by molar-refractivity contribution is 6.00. The van der Waals surface area contributed by atoms with Crippen LogP contribution >= 0.6 is 0 Å². The number of rotatable bonds is 6. The molecule has 0 N–H and O–H groups in total. The largest absolute Gasteiger partial charge is 0.497 e. The number of anilines is 1. The average molecular weight is 426 g/mol. The molecule has 0 aliphatic carbocycles. The normalized spacial score (nSPS) is 19.8. The average Bonchev–Trinajstić information content (AvgIpc) is 3.33. The predicted octanol–water partition coefficient (Wildman–Crippen LogP) is 1.71. The van der Waals surface area contributed by atoms with E-state index in [1.54, 1.807) is 12.0 Å². The fraction of sp³-hybridized carbons (Fsp3) is 0.522. The topological polar surface area (TPSA) is 70.9 Å². The summed E-state index contributed by atoms with van der Waals surface area (Å²) in [5.41, 5.74) is 3.01. The molecule has 8 nitrogen and oxygen atoms in total. The van der Waals surface area contributed by atoms with Crippen LogP contribution in [0.3, 0.4) is 0 Å². The lowest BCUT2D eigenvalue weighted by atomic mass is 10.1.